The molecule has 1 saturated carbocycles. The van der Waals surface area contributed by atoms with Crippen LogP contribution in [-0.4, -0.2) is 11.2 Å². The van der Waals surface area contributed by atoms with E-state index in [2.05, 4.69) is 22.9 Å². The van der Waals surface area contributed by atoms with E-state index in [1.165, 1.54) is 0 Å². The number of benzene rings is 1. The van der Waals surface area contributed by atoms with Gasteiger partial charge in [0.05, 0.1) is 6.10 Å². The van der Waals surface area contributed by atoms with E-state index in [1.54, 1.807) is 0 Å². The molecule has 3 heteroatoms. The highest BCUT2D eigenvalue weighted by Gasteiger charge is 2.38. The third kappa shape index (κ3) is 2.74. The van der Waals surface area contributed by atoms with Crippen molar-refractivity contribution in [3.8, 4) is 0 Å². The van der Waals surface area contributed by atoms with Crippen LogP contribution in [0, 0.1) is 11.8 Å². The second kappa shape index (κ2) is 4.44. The summed E-state index contributed by atoms with van der Waals surface area (Å²) in [5.41, 5.74) is 1.03. The third-order valence-corrected chi connectivity index (χ3v) is 3.96. The van der Waals surface area contributed by atoms with Gasteiger partial charge in [0.2, 0.25) is 0 Å². The lowest BCUT2D eigenvalue weighted by Gasteiger charge is -2.11. The number of aliphatic hydroxyl groups is 1. The largest absolute Gasteiger partial charge is 0.392 e. The topological polar surface area (TPSA) is 20.2 Å². The smallest absolute Gasteiger partial charge is 0.0611 e. The molecule has 0 amide bonds. The average Bonchev–Trinajstić information content (AvgIpc) is 2.88. The summed E-state index contributed by atoms with van der Waals surface area (Å²) < 4.78 is 0.977. The molecule has 0 aromatic heterocycles. The van der Waals surface area contributed by atoms with E-state index in [0.29, 0.717) is 18.3 Å². The Hall–Kier alpha value is -0.0500. The Morgan fingerprint density at radius 3 is 2.80 bits per heavy atom. The lowest BCUT2D eigenvalue weighted by molar-refractivity contribution is 0.146. The van der Waals surface area contributed by atoms with Gasteiger partial charge in [-0.3, -0.25) is 0 Å². The van der Waals surface area contributed by atoms with Gasteiger partial charge in [-0.05, 0) is 36.0 Å². The molecular weight excluding hydrogens is 275 g/mol. The number of hydrogen-bond acceptors (Lipinski definition) is 1. The van der Waals surface area contributed by atoms with Gasteiger partial charge in [0.1, 0.15) is 0 Å². The molecule has 1 aromatic carbocycles. The molecule has 0 radical (unpaired) electrons. The van der Waals surface area contributed by atoms with Gasteiger partial charge in [-0.2, -0.15) is 0 Å². The summed E-state index contributed by atoms with van der Waals surface area (Å²) in [5.74, 6) is 1.15. The first kappa shape index (κ1) is 11.4. The molecule has 3 unspecified atom stereocenters. The fourth-order valence-corrected chi connectivity index (χ4v) is 2.70. The van der Waals surface area contributed by atoms with Crippen LogP contribution in [0.4, 0.5) is 0 Å². The van der Waals surface area contributed by atoms with Crippen LogP contribution >= 0.6 is 27.5 Å². The van der Waals surface area contributed by atoms with E-state index in [0.717, 1.165) is 21.5 Å². The molecule has 2 rings (SSSR count). The Morgan fingerprint density at radius 1 is 1.60 bits per heavy atom. The van der Waals surface area contributed by atoms with Crippen molar-refractivity contribution in [2.45, 2.75) is 25.9 Å². The molecule has 0 heterocycles. The van der Waals surface area contributed by atoms with Gasteiger partial charge in [0.25, 0.3) is 0 Å². The maximum atomic E-state index is 9.94. The Labute approximate surface area is 104 Å². The molecule has 15 heavy (non-hydrogen) atoms. The Bertz CT molecular complexity index is 367. The van der Waals surface area contributed by atoms with Crippen molar-refractivity contribution in [3.63, 3.8) is 0 Å². The van der Waals surface area contributed by atoms with Crippen LogP contribution in [0.5, 0.6) is 0 Å². The van der Waals surface area contributed by atoms with Crippen LogP contribution in [0.1, 0.15) is 18.9 Å². The Morgan fingerprint density at radius 2 is 2.27 bits per heavy atom. The summed E-state index contributed by atoms with van der Waals surface area (Å²) in [4.78, 5) is 0. The van der Waals surface area contributed by atoms with Crippen molar-refractivity contribution in [1.29, 1.82) is 0 Å². The number of hydrogen-bond donors (Lipinski definition) is 1. The van der Waals surface area contributed by atoms with Crippen molar-refractivity contribution < 1.29 is 5.11 Å². The maximum absolute atomic E-state index is 9.94. The zero-order valence-corrected chi connectivity index (χ0v) is 10.9. The highest BCUT2D eigenvalue weighted by molar-refractivity contribution is 9.10. The molecule has 1 aliphatic carbocycles. The van der Waals surface area contributed by atoms with Crippen molar-refractivity contribution in [3.05, 3.63) is 33.3 Å². The van der Waals surface area contributed by atoms with Crippen LogP contribution in [0.2, 0.25) is 5.02 Å². The highest BCUT2D eigenvalue weighted by atomic mass is 79.9. The van der Waals surface area contributed by atoms with E-state index in [1.807, 2.05) is 18.2 Å². The minimum Gasteiger partial charge on any atom is -0.392 e. The fourth-order valence-electron chi connectivity index (χ4n) is 1.95. The molecule has 1 nitrogen and oxygen atoms in total. The highest BCUT2D eigenvalue weighted by Crippen LogP contribution is 2.41. The summed E-state index contributed by atoms with van der Waals surface area (Å²) in [6, 6.07) is 5.81. The first-order valence-corrected chi connectivity index (χ1v) is 6.37. The molecule has 1 N–H and O–H groups in total. The molecule has 1 aliphatic rings. The molecular formula is C12H14BrClO. The second-order valence-corrected chi connectivity index (χ2v) is 5.71. The monoisotopic (exact) mass is 288 g/mol. The van der Waals surface area contributed by atoms with Crippen LogP contribution in [-0.2, 0) is 6.42 Å². The quantitative estimate of drug-likeness (QED) is 0.900. The summed E-state index contributed by atoms with van der Waals surface area (Å²) in [6.07, 6.45) is 1.58. The first-order valence-electron chi connectivity index (χ1n) is 5.20. The molecule has 0 aliphatic heterocycles. The van der Waals surface area contributed by atoms with Gasteiger partial charge in [0.15, 0.2) is 0 Å². The lowest BCUT2D eigenvalue weighted by Crippen LogP contribution is -2.14. The van der Waals surface area contributed by atoms with Crippen LogP contribution < -0.4 is 0 Å². The standard InChI is InChI=1S/C12H14BrClO/c1-7-4-10(7)12(15)5-8-2-3-9(13)6-11(8)14/h2-3,6-7,10,12,15H,4-5H2,1H3. The molecule has 0 saturated heterocycles. The minimum atomic E-state index is -0.237. The normalized spacial score (nSPS) is 26.4. The minimum absolute atomic E-state index is 0.237. The van der Waals surface area contributed by atoms with Gasteiger partial charge >= 0.3 is 0 Å². The van der Waals surface area contributed by atoms with Crippen LogP contribution in [0.3, 0.4) is 0 Å². The van der Waals surface area contributed by atoms with Crippen molar-refractivity contribution in [2.24, 2.45) is 11.8 Å². The molecule has 0 spiro atoms. The van der Waals surface area contributed by atoms with Gasteiger partial charge in [-0.25, -0.2) is 0 Å². The van der Waals surface area contributed by atoms with Crippen LogP contribution in [0.25, 0.3) is 0 Å². The van der Waals surface area contributed by atoms with E-state index < -0.39 is 0 Å². The molecule has 1 aromatic rings. The average molecular weight is 290 g/mol. The SMILES string of the molecule is CC1CC1C(O)Cc1ccc(Br)cc1Cl. The van der Waals surface area contributed by atoms with E-state index in [4.69, 9.17) is 11.6 Å². The predicted molar refractivity (Wildman–Crippen MR) is 66.1 cm³/mol. The zero-order valence-electron chi connectivity index (χ0n) is 8.58. The predicted octanol–water partition coefficient (Wildman–Crippen LogP) is 3.66. The van der Waals surface area contributed by atoms with Crippen molar-refractivity contribution >= 4 is 27.5 Å². The molecule has 82 valence electrons. The number of aliphatic hydroxyl groups excluding tert-OH is 1. The first-order chi connectivity index (χ1) is 7.08. The lowest BCUT2D eigenvalue weighted by atomic mass is 10.0. The summed E-state index contributed by atoms with van der Waals surface area (Å²) in [5, 5.41) is 10.7. The van der Waals surface area contributed by atoms with Crippen molar-refractivity contribution in [2.75, 3.05) is 0 Å². The van der Waals surface area contributed by atoms with E-state index >= 15 is 0 Å². The molecule has 3 atom stereocenters. The molecule has 0 bridgehead atoms. The number of rotatable bonds is 3. The second-order valence-electron chi connectivity index (χ2n) is 4.38. The summed E-state index contributed by atoms with van der Waals surface area (Å²) in [7, 11) is 0. The van der Waals surface area contributed by atoms with Gasteiger partial charge in [-0.1, -0.05) is 40.5 Å². The van der Waals surface area contributed by atoms with Crippen molar-refractivity contribution in [1.82, 2.24) is 0 Å². The maximum Gasteiger partial charge on any atom is 0.0611 e. The van der Waals surface area contributed by atoms with E-state index in [-0.39, 0.29) is 6.10 Å². The van der Waals surface area contributed by atoms with Gasteiger partial charge in [0, 0.05) is 15.9 Å². The Balaban J connectivity index is 2.04. The third-order valence-electron chi connectivity index (χ3n) is 3.11. The van der Waals surface area contributed by atoms with Gasteiger partial charge < -0.3 is 5.11 Å². The van der Waals surface area contributed by atoms with E-state index in [9.17, 15) is 5.11 Å². The Kier molecular flexibility index (Phi) is 3.39. The van der Waals surface area contributed by atoms with Crippen LogP contribution in [0.15, 0.2) is 22.7 Å². The fraction of sp³-hybridized carbons (Fsp3) is 0.500. The van der Waals surface area contributed by atoms with Gasteiger partial charge in [-0.15, -0.1) is 0 Å². The summed E-state index contributed by atoms with van der Waals surface area (Å²) >= 11 is 9.46. The number of halogens is 2. The molecule has 1 fully saturated rings. The zero-order chi connectivity index (χ0) is 11.0. The summed E-state index contributed by atoms with van der Waals surface area (Å²) in [6.45, 7) is 2.18.